The van der Waals surface area contributed by atoms with Gasteiger partial charge >= 0.3 is 0 Å². The molecule has 1 N–H and O–H groups in total. The number of aliphatic hydroxyl groups is 1. The Morgan fingerprint density at radius 3 is 2.93 bits per heavy atom. The maximum Gasteiger partial charge on any atom is 0.155 e. The molecule has 78 valence electrons. The Bertz CT molecular complexity index is 293. The molecule has 14 heavy (non-hydrogen) atoms. The van der Waals surface area contributed by atoms with Crippen molar-refractivity contribution in [1.82, 2.24) is 0 Å². The molecule has 0 aromatic heterocycles. The summed E-state index contributed by atoms with van der Waals surface area (Å²) in [6, 6.07) is 0. The van der Waals surface area contributed by atoms with Crippen LogP contribution in [0.1, 0.15) is 39.5 Å². The van der Waals surface area contributed by atoms with Gasteiger partial charge in [-0.3, -0.25) is 4.79 Å². The highest BCUT2D eigenvalue weighted by atomic mass is 16.3. The van der Waals surface area contributed by atoms with Crippen molar-refractivity contribution in [2.45, 2.75) is 45.6 Å². The minimum atomic E-state index is -0.189. The second kappa shape index (κ2) is 3.20. The van der Waals surface area contributed by atoms with Crippen molar-refractivity contribution < 1.29 is 9.90 Å². The molecule has 0 aliphatic heterocycles. The van der Waals surface area contributed by atoms with Crippen molar-refractivity contribution in [2.75, 3.05) is 0 Å². The molecule has 2 rings (SSSR count). The van der Waals surface area contributed by atoms with Gasteiger partial charge in [0, 0.05) is 6.42 Å². The average molecular weight is 194 g/mol. The molecule has 0 amide bonds. The molecule has 0 aromatic carbocycles. The van der Waals surface area contributed by atoms with Crippen LogP contribution in [0.4, 0.5) is 0 Å². The van der Waals surface area contributed by atoms with Crippen LogP contribution < -0.4 is 0 Å². The Morgan fingerprint density at radius 2 is 2.21 bits per heavy atom. The Labute approximate surface area is 85.0 Å². The molecule has 2 aliphatic rings. The summed E-state index contributed by atoms with van der Waals surface area (Å²) >= 11 is 0. The lowest BCUT2D eigenvalue weighted by Crippen LogP contribution is -2.42. The van der Waals surface area contributed by atoms with E-state index in [1.165, 1.54) is 5.57 Å². The summed E-state index contributed by atoms with van der Waals surface area (Å²) in [4.78, 5) is 11.3. The summed E-state index contributed by atoms with van der Waals surface area (Å²) in [7, 11) is 0. The molecule has 2 heteroatoms. The third-order valence-electron chi connectivity index (χ3n) is 4.25. The van der Waals surface area contributed by atoms with Crippen molar-refractivity contribution in [1.29, 1.82) is 0 Å². The number of allylic oxidation sites excluding steroid dienone is 2. The van der Waals surface area contributed by atoms with E-state index >= 15 is 0 Å². The van der Waals surface area contributed by atoms with Gasteiger partial charge in [0.15, 0.2) is 5.78 Å². The second-order valence-electron chi connectivity index (χ2n) is 4.95. The number of hydrogen-bond acceptors (Lipinski definition) is 2. The maximum absolute atomic E-state index is 11.3. The molecule has 0 aromatic rings. The van der Waals surface area contributed by atoms with Crippen LogP contribution >= 0.6 is 0 Å². The van der Waals surface area contributed by atoms with Crippen LogP contribution in [-0.2, 0) is 4.79 Å². The predicted molar refractivity (Wildman–Crippen MR) is 54.8 cm³/mol. The minimum absolute atomic E-state index is 0.0750. The zero-order valence-electron chi connectivity index (χ0n) is 8.92. The highest BCUT2D eigenvalue weighted by Crippen LogP contribution is 2.49. The lowest BCUT2D eigenvalue weighted by atomic mass is 9.59. The largest absolute Gasteiger partial charge is 0.393 e. The molecule has 3 atom stereocenters. The molecular formula is C12H18O2. The van der Waals surface area contributed by atoms with Crippen molar-refractivity contribution in [3.63, 3.8) is 0 Å². The van der Waals surface area contributed by atoms with Crippen molar-refractivity contribution >= 4 is 5.78 Å². The number of ketones is 1. The number of carbonyl (C=O) groups excluding carboxylic acids is 1. The molecule has 0 saturated heterocycles. The van der Waals surface area contributed by atoms with Gasteiger partial charge in [0.25, 0.3) is 0 Å². The van der Waals surface area contributed by atoms with Gasteiger partial charge in [-0.2, -0.15) is 0 Å². The van der Waals surface area contributed by atoms with Gasteiger partial charge in [-0.15, -0.1) is 0 Å². The summed E-state index contributed by atoms with van der Waals surface area (Å²) in [6.07, 6.45) is 4.91. The molecular weight excluding hydrogens is 176 g/mol. The Kier molecular flexibility index (Phi) is 2.26. The first-order valence-electron chi connectivity index (χ1n) is 5.46. The van der Waals surface area contributed by atoms with Crippen LogP contribution in [0.3, 0.4) is 0 Å². The highest BCUT2D eigenvalue weighted by Gasteiger charge is 2.43. The molecule has 1 saturated carbocycles. The number of rotatable bonds is 0. The van der Waals surface area contributed by atoms with E-state index in [9.17, 15) is 9.90 Å². The number of hydrogen-bond donors (Lipinski definition) is 1. The highest BCUT2D eigenvalue weighted by molar-refractivity contribution is 5.91. The average Bonchev–Trinajstić information content (AvgIpc) is 2.16. The van der Waals surface area contributed by atoms with Gasteiger partial charge in [-0.05, 0) is 36.7 Å². The van der Waals surface area contributed by atoms with Gasteiger partial charge in [0.1, 0.15) is 0 Å². The van der Waals surface area contributed by atoms with E-state index in [1.54, 1.807) is 0 Å². The van der Waals surface area contributed by atoms with Crippen LogP contribution in [0, 0.1) is 11.3 Å². The van der Waals surface area contributed by atoms with E-state index in [0.29, 0.717) is 6.42 Å². The Morgan fingerprint density at radius 1 is 1.50 bits per heavy atom. The van der Waals surface area contributed by atoms with Crippen molar-refractivity contribution in [3.05, 3.63) is 11.6 Å². The molecule has 1 fully saturated rings. The lowest BCUT2D eigenvalue weighted by molar-refractivity contribution is -0.116. The topological polar surface area (TPSA) is 37.3 Å². The van der Waals surface area contributed by atoms with Gasteiger partial charge in [-0.25, -0.2) is 0 Å². The first kappa shape index (κ1) is 9.91. The molecule has 2 nitrogen and oxygen atoms in total. The van der Waals surface area contributed by atoms with E-state index in [4.69, 9.17) is 0 Å². The fourth-order valence-electron chi connectivity index (χ4n) is 2.83. The third kappa shape index (κ3) is 1.33. The number of fused-ring (bicyclic) bond motifs is 1. The summed E-state index contributed by atoms with van der Waals surface area (Å²) in [5.41, 5.74) is 1.34. The quantitative estimate of drug-likeness (QED) is 0.641. The van der Waals surface area contributed by atoms with Crippen LogP contribution in [0.5, 0.6) is 0 Å². The summed E-state index contributed by atoms with van der Waals surface area (Å²) in [5, 5.41) is 9.84. The molecule has 0 heterocycles. The van der Waals surface area contributed by atoms with Gasteiger partial charge in [-0.1, -0.05) is 19.4 Å². The Hall–Kier alpha value is -0.630. The lowest BCUT2D eigenvalue weighted by Gasteiger charge is -2.46. The monoisotopic (exact) mass is 194 g/mol. The van der Waals surface area contributed by atoms with Gasteiger partial charge in [0.05, 0.1) is 6.10 Å². The molecule has 0 bridgehead atoms. The standard InChI is InChI=1S/C12H18O2/c1-8-11(14)4-3-9-7-10(13)5-6-12(8,9)2/h7-8,11,14H,3-6H2,1-2H3/t8-,11-,12+/m0/s1. The smallest absolute Gasteiger partial charge is 0.155 e. The fourth-order valence-corrected chi connectivity index (χ4v) is 2.83. The summed E-state index contributed by atoms with van der Waals surface area (Å²) in [5.74, 6) is 0.552. The maximum atomic E-state index is 11.3. The molecule has 0 spiro atoms. The van der Waals surface area contributed by atoms with E-state index in [2.05, 4.69) is 13.8 Å². The molecule has 2 aliphatic carbocycles. The zero-order valence-corrected chi connectivity index (χ0v) is 8.92. The van der Waals surface area contributed by atoms with E-state index in [1.807, 2.05) is 6.08 Å². The van der Waals surface area contributed by atoms with Crippen LogP contribution in [0.15, 0.2) is 11.6 Å². The number of carbonyl (C=O) groups is 1. The predicted octanol–water partition coefficient (Wildman–Crippen LogP) is 2.07. The van der Waals surface area contributed by atoms with Gasteiger partial charge < -0.3 is 5.11 Å². The summed E-state index contributed by atoms with van der Waals surface area (Å²) < 4.78 is 0. The normalized spacial score (nSPS) is 43.1. The summed E-state index contributed by atoms with van der Waals surface area (Å²) in [6.45, 7) is 4.30. The van der Waals surface area contributed by atoms with E-state index in [-0.39, 0.29) is 23.2 Å². The van der Waals surface area contributed by atoms with Crippen LogP contribution in [0.2, 0.25) is 0 Å². The zero-order chi connectivity index (χ0) is 10.3. The van der Waals surface area contributed by atoms with E-state index in [0.717, 1.165) is 19.3 Å². The van der Waals surface area contributed by atoms with Crippen molar-refractivity contribution in [2.24, 2.45) is 11.3 Å². The second-order valence-corrected chi connectivity index (χ2v) is 4.95. The first-order chi connectivity index (χ1) is 6.54. The Balaban J connectivity index is 2.34. The van der Waals surface area contributed by atoms with Gasteiger partial charge in [0.2, 0.25) is 0 Å². The van der Waals surface area contributed by atoms with Crippen LogP contribution in [0.25, 0.3) is 0 Å². The van der Waals surface area contributed by atoms with Crippen LogP contribution in [-0.4, -0.2) is 17.0 Å². The number of aliphatic hydroxyl groups excluding tert-OH is 1. The minimum Gasteiger partial charge on any atom is -0.393 e. The SMILES string of the molecule is C[C@H]1[C@@H](O)CCC2=CC(=O)CC[C@@]21C. The third-order valence-corrected chi connectivity index (χ3v) is 4.25. The molecule has 0 radical (unpaired) electrons. The van der Waals surface area contributed by atoms with E-state index < -0.39 is 0 Å². The van der Waals surface area contributed by atoms with Crippen molar-refractivity contribution in [3.8, 4) is 0 Å². The fraction of sp³-hybridized carbons (Fsp3) is 0.750. The molecule has 0 unspecified atom stereocenters. The first-order valence-corrected chi connectivity index (χ1v) is 5.46.